The highest BCUT2D eigenvalue weighted by Crippen LogP contribution is 2.27. The van der Waals surface area contributed by atoms with Crippen molar-refractivity contribution in [2.24, 2.45) is 19.5 Å². The second-order valence-corrected chi connectivity index (χ2v) is 10.5. The van der Waals surface area contributed by atoms with Gasteiger partial charge in [-0.15, -0.1) is 0 Å². The fourth-order valence-corrected chi connectivity index (χ4v) is 4.45. The summed E-state index contributed by atoms with van der Waals surface area (Å²) in [4.78, 5) is 31.0. The van der Waals surface area contributed by atoms with Gasteiger partial charge in [0.05, 0.1) is 6.54 Å². The molecule has 9 heteroatoms. The number of anilines is 2. The topological polar surface area (TPSA) is 91.7 Å². The maximum absolute atomic E-state index is 13.4. The lowest BCUT2D eigenvalue weighted by atomic mass is 9.97. The van der Waals surface area contributed by atoms with E-state index in [-0.39, 0.29) is 16.7 Å². The highest BCUT2D eigenvalue weighted by molar-refractivity contribution is 5.89. The Balaban J connectivity index is 1.65. The van der Waals surface area contributed by atoms with Crippen molar-refractivity contribution < 1.29 is 0 Å². The zero-order valence-electron chi connectivity index (χ0n) is 21.8. The van der Waals surface area contributed by atoms with Gasteiger partial charge in [0.15, 0.2) is 5.65 Å². The van der Waals surface area contributed by atoms with Crippen molar-refractivity contribution in [1.29, 1.82) is 0 Å². The number of nitrogens with zero attached hydrogens (tertiary/aromatic N) is 6. The van der Waals surface area contributed by atoms with Crippen LogP contribution < -0.4 is 16.6 Å². The summed E-state index contributed by atoms with van der Waals surface area (Å²) in [6.45, 7) is 7.01. The highest BCUT2D eigenvalue weighted by atomic mass is 16.2. The van der Waals surface area contributed by atoms with Crippen LogP contribution >= 0.6 is 0 Å². The number of aryl methyl sites for hydroxylation is 1. The number of para-hydroxylation sites is 1. The zero-order valence-corrected chi connectivity index (χ0v) is 21.8. The first kappa shape index (κ1) is 24.3. The average molecular weight is 498 g/mol. The van der Waals surface area contributed by atoms with Crippen molar-refractivity contribution >= 4 is 22.5 Å². The van der Waals surface area contributed by atoms with E-state index in [9.17, 15) is 9.59 Å². The molecule has 0 aliphatic carbocycles. The number of benzene rings is 2. The SMILES string of the molecule is Cn1ccnc1-c1ccc(Cn2nc3c(c2Nc2ccccc2)c(=O)n(C)c(=O)n3CC(C)(C)C)cc1. The van der Waals surface area contributed by atoms with Gasteiger partial charge in [-0.3, -0.25) is 13.9 Å². The Morgan fingerprint density at radius 1 is 0.946 bits per heavy atom. The van der Waals surface area contributed by atoms with E-state index < -0.39 is 0 Å². The first-order valence-electron chi connectivity index (χ1n) is 12.2. The Hall–Kier alpha value is -4.40. The Labute approximate surface area is 214 Å². The second kappa shape index (κ2) is 9.24. The average Bonchev–Trinajstić information content (AvgIpc) is 3.45. The lowest BCUT2D eigenvalue weighted by Gasteiger charge is -2.20. The molecule has 1 N–H and O–H groups in total. The number of aromatic nitrogens is 6. The first-order valence-corrected chi connectivity index (χ1v) is 12.2. The molecule has 0 saturated carbocycles. The maximum atomic E-state index is 13.4. The number of nitrogens with one attached hydrogen (secondary N) is 1. The zero-order chi connectivity index (χ0) is 26.3. The number of imidazole rings is 1. The molecule has 0 fully saturated rings. The minimum Gasteiger partial charge on any atom is -0.340 e. The molecule has 0 aliphatic heterocycles. The van der Waals surface area contributed by atoms with Gasteiger partial charge in [-0.2, -0.15) is 5.10 Å². The maximum Gasteiger partial charge on any atom is 0.332 e. The fraction of sp³-hybridized carbons (Fsp3) is 0.286. The van der Waals surface area contributed by atoms with E-state index in [1.807, 2.05) is 72.4 Å². The molecule has 2 aromatic carbocycles. The van der Waals surface area contributed by atoms with E-state index in [0.717, 1.165) is 27.2 Å². The molecule has 0 atom stereocenters. The van der Waals surface area contributed by atoms with E-state index in [4.69, 9.17) is 5.10 Å². The summed E-state index contributed by atoms with van der Waals surface area (Å²) >= 11 is 0. The van der Waals surface area contributed by atoms with Gasteiger partial charge in [0, 0.05) is 44.3 Å². The van der Waals surface area contributed by atoms with Crippen molar-refractivity contribution in [3.05, 3.63) is 93.4 Å². The van der Waals surface area contributed by atoms with Crippen LogP contribution in [0, 0.1) is 5.41 Å². The van der Waals surface area contributed by atoms with Crippen LogP contribution in [0.4, 0.5) is 11.5 Å². The smallest absolute Gasteiger partial charge is 0.332 e. The molecule has 0 amide bonds. The van der Waals surface area contributed by atoms with Gasteiger partial charge >= 0.3 is 5.69 Å². The van der Waals surface area contributed by atoms with Crippen LogP contribution in [0.25, 0.3) is 22.4 Å². The molecular formula is C28H31N7O2. The summed E-state index contributed by atoms with van der Waals surface area (Å²) in [5.74, 6) is 1.44. The summed E-state index contributed by atoms with van der Waals surface area (Å²) < 4.78 is 6.51. The summed E-state index contributed by atoms with van der Waals surface area (Å²) in [5, 5.41) is 8.61. The molecule has 0 saturated heterocycles. The predicted octanol–water partition coefficient (Wildman–Crippen LogP) is 4.14. The van der Waals surface area contributed by atoms with Crippen LogP contribution in [0.15, 0.2) is 76.6 Å². The molecule has 9 nitrogen and oxygen atoms in total. The van der Waals surface area contributed by atoms with E-state index in [1.165, 1.54) is 7.05 Å². The van der Waals surface area contributed by atoms with Crippen molar-refractivity contribution in [1.82, 2.24) is 28.5 Å². The minimum absolute atomic E-state index is 0.189. The Bertz CT molecular complexity index is 1680. The Morgan fingerprint density at radius 2 is 1.65 bits per heavy atom. The molecule has 0 radical (unpaired) electrons. The second-order valence-electron chi connectivity index (χ2n) is 10.5. The predicted molar refractivity (Wildman–Crippen MR) is 146 cm³/mol. The highest BCUT2D eigenvalue weighted by Gasteiger charge is 2.24. The van der Waals surface area contributed by atoms with Crippen molar-refractivity contribution in [3.63, 3.8) is 0 Å². The van der Waals surface area contributed by atoms with Crippen LogP contribution in [0.2, 0.25) is 0 Å². The summed E-state index contributed by atoms with van der Waals surface area (Å²) in [6, 6.07) is 17.8. The Kier molecular flexibility index (Phi) is 6.07. The van der Waals surface area contributed by atoms with Gasteiger partial charge in [-0.1, -0.05) is 63.2 Å². The third kappa shape index (κ3) is 4.72. The number of rotatable bonds is 6. The van der Waals surface area contributed by atoms with Gasteiger partial charge in [0.25, 0.3) is 5.56 Å². The molecule has 0 aliphatic rings. The minimum atomic E-state index is -0.375. The van der Waals surface area contributed by atoms with E-state index >= 15 is 0 Å². The van der Waals surface area contributed by atoms with Crippen LogP contribution in [0.5, 0.6) is 0 Å². The van der Waals surface area contributed by atoms with E-state index in [2.05, 4.69) is 31.1 Å². The monoisotopic (exact) mass is 497 g/mol. The number of hydrogen-bond donors (Lipinski definition) is 1. The summed E-state index contributed by atoms with van der Waals surface area (Å²) in [6.07, 6.45) is 3.69. The molecule has 3 heterocycles. The van der Waals surface area contributed by atoms with Gasteiger partial charge in [0.1, 0.15) is 17.0 Å². The molecule has 5 aromatic rings. The van der Waals surface area contributed by atoms with E-state index in [0.29, 0.717) is 29.9 Å². The fourth-order valence-electron chi connectivity index (χ4n) is 4.45. The molecule has 0 spiro atoms. The molecular weight excluding hydrogens is 466 g/mol. The molecule has 0 bridgehead atoms. The van der Waals surface area contributed by atoms with E-state index in [1.54, 1.807) is 15.4 Å². The van der Waals surface area contributed by atoms with Crippen molar-refractivity contribution in [3.8, 4) is 11.4 Å². The Morgan fingerprint density at radius 3 is 2.27 bits per heavy atom. The van der Waals surface area contributed by atoms with Gasteiger partial charge in [-0.05, 0) is 23.1 Å². The normalized spacial score (nSPS) is 11.8. The standard InChI is InChI=1S/C28H31N7O2/c1-28(2,3)18-34-25-22(26(36)33(5)27(34)37)24(30-21-9-7-6-8-10-21)35(31-25)17-19-11-13-20(14-12-19)23-29-15-16-32(23)4/h6-16,30H,17-18H2,1-5H3. The van der Waals surface area contributed by atoms with Crippen molar-refractivity contribution in [2.45, 2.75) is 33.9 Å². The van der Waals surface area contributed by atoms with Gasteiger partial charge < -0.3 is 9.88 Å². The molecule has 5 rings (SSSR count). The van der Waals surface area contributed by atoms with Crippen LogP contribution in [-0.2, 0) is 27.2 Å². The largest absolute Gasteiger partial charge is 0.340 e. The van der Waals surface area contributed by atoms with Gasteiger partial charge in [0.2, 0.25) is 0 Å². The quantitative estimate of drug-likeness (QED) is 0.381. The van der Waals surface area contributed by atoms with Crippen LogP contribution in [-0.4, -0.2) is 28.5 Å². The number of fused-ring (bicyclic) bond motifs is 1. The molecule has 190 valence electrons. The third-order valence-corrected chi connectivity index (χ3v) is 6.26. The summed E-state index contributed by atoms with van der Waals surface area (Å²) in [5.41, 5.74) is 2.28. The summed E-state index contributed by atoms with van der Waals surface area (Å²) in [7, 11) is 3.48. The van der Waals surface area contributed by atoms with Crippen LogP contribution in [0.3, 0.4) is 0 Å². The third-order valence-electron chi connectivity index (χ3n) is 6.26. The molecule has 0 unspecified atom stereocenters. The number of hydrogen-bond acceptors (Lipinski definition) is 5. The van der Waals surface area contributed by atoms with Crippen molar-refractivity contribution in [2.75, 3.05) is 5.32 Å². The molecule has 3 aromatic heterocycles. The lowest BCUT2D eigenvalue weighted by Crippen LogP contribution is -2.40. The van der Waals surface area contributed by atoms with Gasteiger partial charge in [-0.25, -0.2) is 14.5 Å². The first-order chi connectivity index (χ1) is 17.6. The lowest BCUT2D eigenvalue weighted by molar-refractivity contribution is 0.337. The van der Waals surface area contributed by atoms with Crippen LogP contribution in [0.1, 0.15) is 26.3 Å². The molecule has 37 heavy (non-hydrogen) atoms.